The highest BCUT2D eigenvalue weighted by Gasteiger charge is 2.23. The van der Waals surface area contributed by atoms with Gasteiger partial charge in [-0.15, -0.1) is 0 Å². The van der Waals surface area contributed by atoms with Crippen molar-refractivity contribution < 1.29 is 14.3 Å². The number of hydrogen-bond donors (Lipinski definition) is 0. The van der Waals surface area contributed by atoms with E-state index >= 15 is 0 Å². The number of ketones is 1. The van der Waals surface area contributed by atoms with E-state index in [2.05, 4.69) is 0 Å². The number of carbonyl (C=O) groups excluding carboxylic acids is 1. The van der Waals surface area contributed by atoms with Crippen molar-refractivity contribution in [2.24, 2.45) is 5.92 Å². The summed E-state index contributed by atoms with van der Waals surface area (Å²) in [6, 6.07) is 7.49. The fourth-order valence-corrected chi connectivity index (χ4v) is 1.90. The Morgan fingerprint density at radius 1 is 1.44 bits per heavy atom. The molecule has 0 saturated heterocycles. The van der Waals surface area contributed by atoms with E-state index < -0.39 is 0 Å². The van der Waals surface area contributed by atoms with Crippen LogP contribution in [0, 0.1) is 5.92 Å². The quantitative estimate of drug-likeness (QED) is 0.696. The molecule has 18 heavy (non-hydrogen) atoms. The van der Waals surface area contributed by atoms with E-state index in [1.807, 2.05) is 31.2 Å². The van der Waals surface area contributed by atoms with E-state index in [1.165, 1.54) is 0 Å². The predicted molar refractivity (Wildman–Crippen MR) is 70.1 cm³/mol. The molecule has 0 radical (unpaired) electrons. The van der Waals surface area contributed by atoms with Gasteiger partial charge in [0.1, 0.15) is 5.75 Å². The smallest absolute Gasteiger partial charge is 0.163 e. The Morgan fingerprint density at radius 3 is 2.89 bits per heavy atom. The number of hydrogen-bond acceptors (Lipinski definition) is 3. The molecule has 1 aromatic carbocycles. The largest absolute Gasteiger partial charge is 0.490 e. The molecule has 3 heteroatoms. The van der Waals surface area contributed by atoms with E-state index in [4.69, 9.17) is 9.47 Å². The minimum atomic E-state index is 0.154. The van der Waals surface area contributed by atoms with Gasteiger partial charge >= 0.3 is 0 Å². The van der Waals surface area contributed by atoms with Gasteiger partial charge in [-0.05, 0) is 30.9 Å². The minimum Gasteiger partial charge on any atom is -0.490 e. The second-order valence-electron chi connectivity index (χ2n) is 5.03. The van der Waals surface area contributed by atoms with E-state index in [9.17, 15) is 4.79 Å². The molecular formula is C15H20O3. The van der Waals surface area contributed by atoms with Crippen LogP contribution in [-0.4, -0.2) is 25.6 Å². The molecule has 0 bridgehead atoms. The Kier molecular flexibility index (Phi) is 4.37. The Morgan fingerprint density at radius 2 is 2.22 bits per heavy atom. The highest BCUT2D eigenvalue weighted by molar-refractivity contribution is 5.96. The maximum absolute atomic E-state index is 12.1. The molecule has 1 aliphatic rings. The zero-order chi connectivity index (χ0) is 13.0. The molecule has 0 aromatic heterocycles. The van der Waals surface area contributed by atoms with Gasteiger partial charge in [-0.2, -0.15) is 0 Å². The van der Waals surface area contributed by atoms with Gasteiger partial charge in [0.2, 0.25) is 0 Å². The lowest BCUT2D eigenvalue weighted by molar-refractivity contribution is 0.0919. The number of ether oxygens (including phenoxy) is 2. The van der Waals surface area contributed by atoms with Crippen molar-refractivity contribution in [1.29, 1.82) is 0 Å². The molecule has 1 saturated carbocycles. The highest BCUT2D eigenvalue weighted by Crippen LogP contribution is 2.27. The van der Waals surface area contributed by atoms with Crippen molar-refractivity contribution in [3.8, 4) is 5.75 Å². The Bertz CT molecular complexity index is 410. The van der Waals surface area contributed by atoms with Crippen LogP contribution in [0.1, 0.15) is 36.5 Å². The van der Waals surface area contributed by atoms with Gasteiger partial charge < -0.3 is 9.47 Å². The molecule has 0 N–H and O–H groups in total. The lowest BCUT2D eigenvalue weighted by atomic mass is 10.0. The molecule has 98 valence electrons. The zero-order valence-corrected chi connectivity index (χ0v) is 11.0. The summed E-state index contributed by atoms with van der Waals surface area (Å²) in [4.78, 5) is 12.1. The molecular weight excluding hydrogens is 228 g/mol. The third-order valence-corrected chi connectivity index (χ3v) is 2.97. The van der Waals surface area contributed by atoms with Gasteiger partial charge in [-0.1, -0.05) is 19.1 Å². The van der Waals surface area contributed by atoms with Gasteiger partial charge in [0.05, 0.1) is 6.10 Å². The standard InChI is InChI=1S/C15H20O3/c1-11(10-17-2)8-15(16)12-4-3-5-14(9-12)18-13-6-7-13/h3-5,9,11,13H,6-8,10H2,1-2H3. The Balaban J connectivity index is 1.95. The van der Waals surface area contributed by atoms with Gasteiger partial charge in [-0.3, -0.25) is 4.79 Å². The second-order valence-corrected chi connectivity index (χ2v) is 5.03. The third-order valence-electron chi connectivity index (χ3n) is 2.97. The maximum atomic E-state index is 12.1. The normalized spacial score (nSPS) is 16.3. The molecule has 1 fully saturated rings. The molecule has 1 unspecified atom stereocenters. The molecule has 1 atom stereocenters. The van der Waals surface area contributed by atoms with Gasteiger partial charge in [0.15, 0.2) is 5.78 Å². The summed E-state index contributed by atoms with van der Waals surface area (Å²) >= 11 is 0. The van der Waals surface area contributed by atoms with E-state index in [-0.39, 0.29) is 11.7 Å². The fraction of sp³-hybridized carbons (Fsp3) is 0.533. The predicted octanol–water partition coefficient (Wildman–Crippen LogP) is 3.08. The van der Waals surface area contributed by atoms with Crippen molar-refractivity contribution in [3.05, 3.63) is 29.8 Å². The summed E-state index contributed by atoms with van der Waals surface area (Å²) in [5.74, 6) is 1.21. The van der Waals surface area contributed by atoms with E-state index in [1.54, 1.807) is 7.11 Å². The van der Waals surface area contributed by atoms with Crippen LogP contribution in [0.15, 0.2) is 24.3 Å². The molecule has 1 aliphatic carbocycles. The Labute approximate surface area is 108 Å². The maximum Gasteiger partial charge on any atom is 0.163 e. The SMILES string of the molecule is COCC(C)CC(=O)c1cccc(OC2CC2)c1. The highest BCUT2D eigenvalue weighted by atomic mass is 16.5. The number of carbonyl (C=O) groups is 1. The summed E-state index contributed by atoms with van der Waals surface area (Å²) in [6.07, 6.45) is 3.13. The molecule has 2 rings (SSSR count). The Hall–Kier alpha value is -1.35. The minimum absolute atomic E-state index is 0.154. The first-order chi connectivity index (χ1) is 8.69. The summed E-state index contributed by atoms with van der Waals surface area (Å²) in [5, 5.41) is 0. The molecule has 0 spiro atoms. The van der Waals surface area contributed by atoms with Crippen molar-refractivity contribution in [3.63, 3.8) is 0 Å². The first-order valence-corrected chi connectivity index (χ1v) is 6.48. The molecule has 1 aromatic rings. The van der Waals surface area contributed by atoms with E-state index in [0.717, 1.165) is 24.2 Å². The van der Waals surface area contributed by atoms with Crippen LogP contribution in [0.4, 0.5) is 0 Å². The fourth-order valence-electron chi connectivity index (χ4n) is 1.90. The second kappa shape index (κ2) is 6.01. The van der Waals surface area contributed by atoms with Crippen LogP contribution in [0.2, 0.25) is 0 Å². The third kappa shape index (κ3) is 3.84. The average Bonchev–Trinajstić information content (AvgIpc) is 3.13. The van der Waals surface area contributed by atoms with Gasteiger partial charge in [-0.25, -0.2) is 0 Å². The van der Waals surface area contributed by atoms with Crippen molar-refractivity contribution in [2.45, 2.75) is 32.3 Å². The van der Waals surface area contributed by atoms with Crippen LogP contribution in [0.5, 0.6) is 5.75 Å². The van der Waals surface area contributed by atoms with Crippen LogP contribution in [0.25, 0.3) is 0 Å². The molecule has 3 nitrogen and oxygen atoms in total. The van der Waals surface area contributed by atoms with Gasteiger partial charge in [0, 0.05) is 25.7 Å². The van der Waals surface area contributed by atoms with Crippen molar-refractivity contribution in [2.75, 3.05) is 13.7 Å². The first kappa shape index (κ1) is 13.1. The lowest BCUT2D eigenvalue weighted by Crippen LogP contribution is -2.11. The van der Waals surface area contributed by atoms with Crippen molar-refractivity contribution in [1.82, 2.24) is 0 Å². The number of rotatable bonds is 7. The molecule has 0 aliphatic heterocycles. The van der Waals surface area contributed by atoms with Crippen LogP contribution in [0.3, 0.4) is 0 Å². The van der Waals surface area contributed by atoms with Gasteiger partial charge in [0.25, 0.3) is 0 Å². The van der Waals surface area contributed by atoms with Crippen LogP contribution >= 0.6 is 0 Å². The zero-order valence-electron chi connectivity index (χ0n) is 11.0. The average molecular weight is 248 g/mol. The van der Waals surface area contributed by atoms with Crippen molar-refractivity contribution >= 4 is 5.78 Å². The summed E-state index contributed by atoms with van der Waals surface area (Å²) in [6.45, 7) is 2.63. The summed E-state index contributed by atoms with van der Waals surface area (Å²) in [5.41, 5.74) is 0.733. The molecule has 0 heterocycles. The van der Waals surface area contributed by atoms with Crippen LogP contribution in [-0.2, 0) is 4.74 Å². The molecule has 0 amide bonds. The topological polar surface area (TPSA) is 35.5 Å². The lowest BCUT2D eigenvalue weighted by Gasteiger charge is -2.10. The van der Waals surface area contributed by atoms with Crippen LogP contribution < -0.4 is 4.74 Å². The monoisotopic (exact) mass is 248 g/mol. The number of methoxy groups -OCH3 is 1. The first-order valence-electron chi connectivity index (χ1n) is 6.48. The van der Waals surface area contributed by atoms with E-state index in [0.29, 0.717) is 19.1 Å². The number of Topliss-reactive ketones (excluding diaryl/α,β-unsaturated/α-hetero) is 1. The number of benzene rings is 1. The summed E-state index contributed by atoms with van der Waals surface area (Å²) in [7, 11) is 1.66. The summed E-state index contributed by atoms with van der Waals surface area (Å²) < 4.78 is 10.7.